The number of carbonyl (C=O) groups excluding carboxylic acids is 1. The molecular weight excluding hydrogens is 621 g/mol. The number of benzene rings is 2. The summed E-state index contributed by atoms with van der Waals surface area (Å²) in [7, 11) is 1.46. The molecule has 3 unspecified atom stereocenters. The number of amides is 1. The predicted molar refractivity (Wildman–Crippen MR) is 170 cm³/mol. The first-order chi connectivity index (χ1) is 21.8. The van der Waals surface area contributed by atoms with Crippen LogP contribution in [0.4, 0.5) is 23.8 Å². The fraction of sp³-hybridized carbons (Fsp3) is 0.382. The molecule has 0 aliphatic carbocycles. The lowest BCUT2D eigenvalue weighted by atomic mass is 9.95. The number of methoxy groups -OCH3 is 1. The molecular formula is C34H32ClF3N4O4. The van der Waals surface area contributed by atoms with Gasteiger partial charge in [0.25, 0.3) is 0 Å². The number of hydrogen-bond acceptors (Lipinski definition) is 7. The molecule has 2 saturated heterocycles. The first kappa shape index (κ1) is 31.7. The zero-order valence-corrected chi connectivity index (χ0v) is 26.7. The average Bonchev–Trinajstić information content (AvgIpc) is 3.19. The van der Waals surface area contributed by atoms with E-state index in [4.69, 9.17) is 32.2 Å². The SMILES string of the molecule is C#Cc1c(F)ccc2cc(OCOC)cc(-c3ncc4c(N5C6CC(F)C5CN(C(=O)OC(C)(C)C)C6)nc(Cl)c(C)c4c3F)c12. The third-order valence-electron chi connectivity index (χ3n) is 8.33. The molecule has 8 nitrogen and oxygen atoms in total. The molecule has 3 atom stereocenters. The second-order valence-electron chi connectivity index (χ2n) is 12.5. The van der Waals surface area contributed by atoms with Gasteiger partial charge in [-0.1, -0.05) is 23.6 Å². The Hall–Kier alpha value is -4.27. The fourth-order valence-electron chi connectivity index (χ4n) is 6.40. The van der Waals surface area contributed by atoms with E-state index in [9.17, 15) is 9.18 Å². The van der Waals surface area contributed by atoms with Crippen LogP contribution in [0, 0.1) is 30.9 Å². The number of ether oxygens (including phenoxy) is 3. The number of nitrogens with zero attached hydrogens (tertiary/aromatic N) is 4. The smallest absolute Gasteiger partial charge is 0.410 e. The van der Waals surface area contributed by atoms with E-state index in [1.807, 2.05) is 0 Å². The Morgan fingerprint density at radius 3 is 2.63 bits per heavy atom. The predicted octanol–water partition coefficient (Wildman–Crippen LogP) is 7.19. The summed E-state index contributed by atoms with van der Waals surface area (Å²) in [5.74, 6) is 1.60. The van der Waals surface area contributed by atoms with Gasteiger partial charge in [-0.2, -0.15) is 0 Å². The molecule has 2 aliphatic rings. The van der Waals surface area contributed by atoms with Crippen molar-refractivity contribution in [1.82, 2.24) is 14.9 Å². The van der Waals surface area contributed by atoms with Gasteiger partial charge in [-0.3, -0.25) is 4.98 Å². The summed E-state index contributed by atoms with van der Waals surface area (Å²) in [6, 6.07) is 4.73. The molecule has 4 aromatic rings. The van der Waals surface area contributed by atoms with Gasteiger partial charge in [0.2, 0.25) is 0 Å². The van der Waals surface area contributed by atoms with Crippen molar-refractivity contribution in [2.75, 3.05) is 31.9 Å². The number of piperazine rings is 1. The molecule has 2 aromatic carbocycles. The zero-order valence-electron chi connectivity index (χ0n) is 26.0. The first-order valence-electron chi connectivity index (χ1n) is 14.7. The van der Waals surface area contributed by atoms with Crippen LogP contribution in [0.3, 0.4) is 0 Å². The monoisotopic (exact) mass is 652 g/mol. The highest BCUT2D eigenvalue weighted by Gasteiger charge is 2.49. The molecule has 2 fully saturated rings. The average molecular weight is 653 g/mol. The standard InChI is InChI=1S/C34H32ClF3N4O4/c1-7-21-24(36)9-8-18-10-20(45-16-44-6)12-22(28(18)21)30-29(38)27-17(2)31(35)40-32(23(27)13-39-30)42-19-11-25(37)26(42)15-41(14-19)33(43)46-34(3,4)5/h1,8-10,12-13,19,25-26H,11,14-16H2,2-6H3. The molecule has 0 saturated carbocycles. The first-order valence-corrected chi connectivity index (χ1v) is 15.1. The normalized spacial score (nSPS) is 19.5. The number of halogens is 4. The van der Waals surface area contributed by atoms with Crippen LogP contribution >= 0.6 is 11.6 Å². The molecule has 46 heavy (non-hydrogen) atoms. The van der Waals surface area contributed by atoms with Gasteiger partial charge in [0.15, 0.2) is 12.6 Å². The minimum atomic E-state index is -1.27. The highest BCUT2D eigenvalue weighted by atomic mass is 35.5. The van der Waals surface area contributed by atoms with Crippen LogP contribution in [-0.2, 0) is 9.47 Å². The Bertz CT molecular complexity index is 1930. The maximum absolute atomic E-state index is 16.9. The molecule has 12 heteroatoms. The molecule has 2 bridgehead atoms. The second-order valence-corrected chi connectivity index (χ2v) is 12.9. The number of pyridine rings is 2. The van der Waals surface area contributed by atoms with Crippen LogP contribution in [0.1, 0.15) is 38.3 Å². The topological polar surface area (TPSA) is 77.0 Å². The summed E-state index contributed by atoms with van der Waals surface area (Å²) in [6.07, 6.45) is 5.51. The highest BCUT2D eigenvalue weighted by molar-refractivity contribution is 6.31. The van der Waals surface area contributed by atoms with E-state index in [0.717, 1.165) is 0 Å². The summed E-state index contributed by atoms with van der Waals surface area (Å²) < 4.78 is 63.5. The molecule has 4 heterocycles. The van der Waals surface area contributed by atoms with Crippen LogP contribution in [0.25, 0.3) is 32.8 Å². The van der Waals surface area contributed by atoms with Gasteiger partial charge in [-0.25, -0.2) is 22.9 Å². The van der Waals surface area contributed by atoms with E-state index in [2.05, 4.69) is 15.9 Å². The lowest BCUT2D eigenvalue weighted by Crippen LogP contribution is -2.57. The van der Waals surface area contributed by atoms with Crippen molar-refractivity contribution < 1.29 is 32.2 Å². The van der Waals surface area contributed by atoms with Gasteiger partial charge in [0, 0.05) is 54.5 Å². The van der Waals surface area contributed by atoms with Crippen molar-refractivity contribution >= 4 is 45.1 Å². The minimum Gasteiger partial charge on any atom is -0.468 e. The molecule has 0 radical (unpaired) electrons. The summed E-state index contributed by atoms with van der Waals surface area (Å²) in [5.41, 5.74) is -0.318. The van der Waals surface area contributed by atoms with Crippen molar-refractivity contribution in [3.05, 3.63) is 58.4 Å². The summed E-state index contributed by atoms with van der Waals surface area (Å²) in [5, 5.41) is 1.27. The van der Waals surface area contributed by atoms with Gasteiger partial charge in [0.1, 0.15) is 40.0 Å². The Morgan fingerprint density at radius 2 is 1.96 bits per heavy atom. The van der Waals surface area contributed by atoms with E-state index in [1.54, 1.807) is 38.7 Å². The molecule has 0 N–H and O–H groups in total. The number of alkyl halides is 1. The molecule has 2 aromatic heterocycles. The number of hydrogen-bond donors (Lipinski definition) is 0. The minimum absolute atomic E-state index is 0.0281. The van der Waals surface area contributed by atoms with Gasteiger partial charge in [-0.15, -0.1) is 6.42 Å². The molecule has 1 amide bonds. The number of fused-ring (bicyclic) bond motifs is 4. The summed E-state index contributed by atoms with van der Waals surface area (Å²) >= 11 is 6.62. The third kappa shape index (κ3) is 5.43. The highest BCUT2D eigenvalue weighted by Crippen LogP contribution is 2.44. The number of carbonyl (C=O) groups is 1. The number of aromatic nitrogens is 2. The number of rotatable bonds is 5. The Balaban J connectivity index is 1.50. The van der Waals surface area contributed by atoms with E-state index in [0.29, 0.717) is 22.1 Å². The zero-order chi connectivity index (χ0) is 33.1. The number of terminal acetylenes is 1. The van der Waals surface area contributed by atoms with Crippen molar-refractivity contribution in [3.63, 3.8) is 0 Å². The van der Waals surface area contributed by atoms with E-state index in [1.165, 1.54) is 36.4 Å². The van der Waals surface area contributed by atoms with Crippen LogP contribution in [0.15, 0.2) is 30.5 Å². The number of likely N-dealkylation sites (tertiary alicyclic amines) is 1. The van der Waals surface area contributed by atoms with Crippen LogP contribution in [0.5, 0.6) is 5.75 Å². The van der Waals surface area contributed by atoms with Gasteiger partial charge in [-0.05, 0) is 56.8 Å². The van der Waals surface area contributed by atoms with Gasteiger partial charge < -0.3 is 24.0 Å². The Kier molecular flexibility index (Phi) is 8.15. The van der Waals surface area contributed by atoms with Crippen molar-refractivity contribution in [1.29, 1.82) is 0 Å². The molecule has 6 rings (SSSR count). The van der Waals surface area contributed by atoms with Crippen LogP contribution < -0.4 is 9.64 Å². The van der Waals surface area contributed by atoms with E-state index < -0.39 is 41.6 Å². The number of aryl methyl sites for hydroxylation is 1. The van der Waals surface area contributed by atoms with Crippen LogP contribution in [-0.4, -0.2) is 71.8 Å². The summed E-state index contributed by atoms with van der Waals surface area (Å²) in [4.78, 5) is 25.2. The maximum Gasteiger partial charge on any atom is 0.410 e. The second kappa shape index (κ2) is 11.8. The Morgan fingerprint density at radius 1 is 1.20 bits per heavy atom. The lowest BCUT2D eigenvalue weighted by molar-refractivity contribution is 0.0203. The van der Waals surface area contributed by atoms with Gasteiger partial charge in [0.05, 0.1) is 17.6 Å². The Labute approximate surface area is 269 Å². The van der Waals surface area contributed by atoms with E-state index in [-0.39, 0.29) is 64.9 Å². The van der Waals surface area contributed by atoms with Crippen molar-refractivity contribution in [2.24, 2.45) is 0 Å². The molecule has 0 spiro atoms. The lowest BCUT2D eigenvalue weighted by Gasteiger charge is -2.42. The van der Waals surface area contributed by atoms with Gasteiger partial charge >= 0.3 is 6.09 Å². The number of anilines is 1. The van der Waals surface area contributed by atoms with Crippen molar-refractivity contribution in [3.8, 4) is 29.4 Å². The summed E-state index contributed by atoms with van der Waals surface area (Å²) in [6.45, 7) is 7.09. The molecule has 2 aliphatic heterocycles. The maximum atomic E-state index is 16.9. The molecule has 240 valence electrons. The van der Waals surface area contributed by atoms with E-state index >= 15 is 8.78 Å². The van der Waals surface area contributed by atoms with Crippen molar-refractivity contribution in [2.45, 2.75) is 58.0 Å². The third-order valence-corrected chi connectivity index (χ3v) is 8.70. The van der Waals surface area contributed by atoms with Crippen LogP contribution in [0.2, 0.25) is 5.15 Å². The largest absolute Gasteiger partial charge is 0.468 e. The fourth-order valence-corrected chi connectivity index (χ4v) is 6.57. The quantitative estimate of drug-likeness (QED) is 0.128.